The average Bonchev–Trinajstić information content (AvgIpc) is 3.33. The van der Waals surface area contributed by atoms with Crippen molar-refractivity contribution in [2.75, 3.05) is 10.6 Å². The number of carbonyl (C=O) groups excluding carboxylic acids is 2. The smallest absolute Gasteiger partial charge is 0.259 e. The van der Waals surface area contributed by atoms with Crippen LogP contribution >= 0.6 is 0 Å². The lowest BCUT2D eigenvalue weighted by atomic mass is 10.0. The van der Waals surface area contributed by atoms with E-state index < -0.39 is 11.8 Å². The van der Waals surface area contributed by atoms with Gasteiger partial charge in [0.2, 0.25) is 0 Å². The Hall–Kier alpha value is -9.02. The minimum absolute atomic E-state index is 0.104. The van der Waals surface area contributed by atoms with Crippen molar-refractivity contribution >= 4 is 79.6 Å². The van der Waals surface area contributed by atoms with E-state index in [4.69, 9.17) is 0 Å². The molecule has 0 aromatic heterocycles. The van der Waals surface area contributed by atoms with Crippen molar-refractivity contribution in [3.63, 3.8) is 0 Å². The number of aromatic hydroxyl groups is 2. The number of allylic oxidation sites excluding steroid dienone is 6. The van der Waals surface area contributed by atoms with Gasteiger partial charge in [0.05, 0.1) is 22.5 Å². The van der Waals surface area contributed by atoms with E-state index in [-0.39, 0.29) is 34.0 Å². The third kappa shape index (κ3) is 10.3. The van der Waals surface area contributed by atoms with Gasteiger partial charge in [-0.05, 0) is 82.6 Å². The largest absolute Gasteiger partial charge is 0.505 e. The van der Waals surface area contributed by atoms with Crippen LogP contribution in [-0.2, 0) is 0 Å². The van der Waals surface area contributed by atoms with E-state index >= 15 is 0 Å². The van der Waals surface area contributed by atoms with Crippen LogP contribution in [0.4, 0.5) is 34.1 Å². The van der Waals surface area contributed by atoms with Gasteiger partial charge in [0.25, 0.3) is 11.8 Å². The Balaban J connectivity index is 0.853. The molecule has 64 heavy (non-hydrogen) atoms. The average molecular weight is 837 g/mol. The Kier molecular flexibility index (Phi) is 13.0. The van der Waals surface area contributed by atoms with E-state index in [0.29, 0.717) is 33.5 Å². The Labute approximate surface area is 369 Å². The fourth-order valence-corrected chi connectivity index (χ4v) is 6.73. The Morgan fingerprint density at radius 3 is 1.17 bits per heavy atom. The molecule has 0 atom stereocenters. The second-order valence-corrected chi connectivity index (χ2v) is 14.4. The quantitative estimate of drug-likeness (QED) is 0.0676. The molecule has 0 radical (unpaired) electrons. The molecule has 10 nitrogen and oxygen atoms in total. The summed E-state index contributed by atoms with van der Waals surface area (Å²) in [5, 5.41) is 48.4. The van der Waals surface area contributed by atoms with Gasteiger partial charge in [-0.15, -0.1) is 10.2 Å². The first kappa shape index (κ1) is 41.7. The number of rotatable bonds is 13. The molecule has 0 saturated heterocycles. The van der Waals surface area contributed by atoms with Crippen molar-refractivity contribution in [3.8, 4) is 11.5 Å². The number of amides is 2. The minimum Gasteiger partial charge on any atom is -0.505 e. The minimum atomic E-state index is -0.447. The normalized spacial score (nSPS) is 11.9. The molecule has 0 fully saturated rings. The zero-order valence-corrected chi connectivity index (χ0v) is 34.3. The van der Waals surface area contributed by atoms with Crippen molar-refractivity contribution in [2.45, 2.75) is 0 Å². The lowest BCUT2D eigenvalue weighted by molar-refractivity contribution is 0.101. The van der Waals surface area contributed by atoms with Gasteiger partial charge in [-0.2, -0.15) is 10.2 Å². The molecule has 0 saturated carbocycles. The molecule has 0 heterocycles. The van der Waals surface area contributed by atoms with Crippen LogP contribution in [0.25, 0.3) is 33.7 Å². The van der Waals surface area contributed by atoms with Gasteiger partial charge in [-0.25, -0.2) is 0 Å². The number of nitrogens with one attached hydrogen (secondary N) is 2. The number of para-hydroxylation sites is 2. The predicted octanol–water partition coefficient (Wildman–Crippen LogP) is 14.6. The lowest BCUT2D eigenvalue weighted by Crippen LogP contribution is -2.12. The van der Waals surface area contributed by atoms with Crippen molar-refractivity contribution in [1.82, 2.24) is 0 Å². The Bertz CT molecular complexity index is 2920. The number of hydrogen-bond acceptors (Lipinski definition) is 8. The fraction of sp³-hybridized carbons (Fsp3) is 0. The predicted molar refractivity (Wildman–Crippen MR) is 258 cm³/mol. The summed E-state index contributed by atoms with van der Waals surface area (Å²) in [5.41, 5.74) is 4.98. The van der Waals surface area contributed by atoms with Gasteiger partial charge in [0.1, 0.15) is 11.4 Å². The van der Waals surface area contributed by atoms with Crippen molar-refractivity contribution in [1.29, 1.82) is 0 Å². The van der Waals surface area contributed by atoms with Crippen LogP contribution in [0, 0.1) is 0 Å². The van der Waals surface area contributed by atoms with Crippen LogP contribution in [0.5, 0.6) is 11.5 Å². The SMILES string of the molecule is O=C(Nc1ccccc1)c1cc2ccccc2c(N=Nc2ccc(/C=C/C=C/C=C/C=C/c3ccc(N=Nc4c(O)c(C(=O)Nc5ccccc5)cc5ccccc45)cc3)cc2)c1O. The van der Waals surface area contributed by atoms with Crippen LogP contribution < -0.4 is 10.6 Å². The number of phenols is 2. The van der Waals surface area contributed by atoms with E-state index in [2.05, 4.69) is 31.1 Å². The number of fused-ring (bicyclic) bond motifs is 2. The third-order valence-electron chi connectivity index (χ3n) is 9.99. The number of phenolic OH excluding ortho intramolecular Hbond substituents is 2. The second kappa shape index (κ2) is 20.0. The molecule has 4 N–H and O–H groups in total. The summed E-state index contributed by atoms with van der Waals surface area (Å²) in [5.74, 6) is -1.38. The molecular formula is C54H40N6O4. The van der Waals surface area contributed by atoms with Crippen molar-refractivity contribution < 1.29 is 19.8 Å². The van der Waals surface area contributed by atoms with Gasteiger partial charge < -0.3 is 20.8 Å². The summed E-state index contributed by atoms with van der Waals surface area (Å²) in [6.07, 6.45) is 15.5. The maximum Gasteiger partial charge on any atom is 0.259 e. The third-order valence-corrected chi connectivity index (χ3v) is 9.99. The first-order chi connectivity index (χ1) is 31.4. The molecule has 2 amide bonds. The number of hydrogen-bond donors (Lipinski definition) is 4. The maximum atomic E-state index is 13.1. The molecule has 10 heteroatoms. The summed E-state index contributed by atoms with van der Waals surface area (Å²) in [6.45, 7) is 0. The van der Waals surface area contributed by atoms with Crippen LogP contribution in [0.2, 0.25) is 0 Å². The number of azo groups is 2. The Morgan fingerprint density at radius 1 is 0.406 bits per heavy atom. The van der Waals surface area contributed by atoms with Gasteiger partial charge >= 0.3 is 0 Å². The molecule has 8 rings (SSSR count). The number of anilines is 2. The summed E-state index contributed by atoms with van der Waals surface area (Å²) < 4.78 is 0. The van der Waals surface area contributed by atoms with Gasteiger partial charge in [-0.3, -0.25) is 9.59 Å². The molecule has 0 unspecified atom stereocenters. The highest BCUT2D eigenvalue weighted by Crippen LogP contribution is 2.41. The molecule has 0 aliphatic rings. The topological polar surface area (TPSA) is 148 Å². The summed E-state index contributed by atoms with van der Waals surface area (Å²) in [6, 6.07) is 51.2. The number of carbonyl (C=O) groups is 2. The first-order valence-corrected chi connectivity index (χ1v) is 20.3. The molecule has 0 bridgehead atoms. The highest BCUT2D eigenvalue weighted by molar-refractivity contribution is 6.12. The highest BCUT2D eigenvalue weighted by Gasteiger charge is 2.20. The number of benzene rings is 8. The molecule has 0 spiro atoms. The van der Waals surface area contributed by atoms with E-state index in [1.165, 1.54) is 0 Å². The van der Waals surface area contributed by atoms with Crippen LogP contribution in [0.1, 0.15) is 31.8 Å². The zero-order valence-electron chi connectivity index (χ0n) is 34.3. The van der Waals surface area contributed by atoms with E-state index in [1.807, 2.05) is 182 Å². The molecule has 0 aliphatic carbocycles. The molecule has 0 aliphatic heterocycles. The first-order valence-electron chi connectivity index (χ1n) is 20.3. The lowest BCUT2D eigenvalue weighted by Gasteiger charge is -2.11. The maximum absolute atomic E-state index is 13.1. The van der Waals surface area contributed by atoms with E-state index in [9.17, 15) is 19.8 Å². The van der Waals surface area contributed by atoms with Gasteiger partial charge in [0.15, 0.2) is 11.5 Å². The highest BCUT2D eigenvalue weighted by atomic mass is 16.3. The fourth-order valence-electron chi connectivity index (χ4n) is 6.73. The van der Waals surface area contributed by atoms with Crippen molar-refractivity contribution in [3.05, 3.63) is 229 Å². The monoisotopic (exact) mass is 836 g/mol. The van der Waals surface area contributed by atoms with Crippen LogP contribution in [0.3, 0.4) is 0 Å². The Morgan fingerprint density at radius 2 is 0.766 bits per heavy atom. The summed E-state index contributed by atoms with van der Waals surface area (Å²) in [4.78, 5) is 26.3. The summed E-state index contributed by atoms with van der Waals surface area (Å²) in [7, 11) is 0. The second-order valence-electron chi connectivity index (χ2n) is 14.4. The van der Waals surface area contributed by atoms with Crippen LogP contribution in [0.15, 0.2) is 227 Å². The van der Waals surface area contributed by atoms with Crippen molar-refractivity contribution in [2.24, 2.45) is 20.5 Å². The van der Waals surface area contributed by atoms with Gasteiger partial charge in [0, 0.05) is 22.1 Å². The molecule has 310 valence electrons. The zero-order chi connectivity index (χ0) is 44.1. The molecular weight excluding hydrogens is 797 g/mol. The molecule has 8 aromatic rings. The summed E-state index contributed by atoms with van der Waals surface area (Å²) >= 11 is 0. The number of nitrogens with zero attached hydrogens (tertiary/aromatic N) is 4. The standard InChI is InChI=1S/C54H40N6O4/c61-51-47(53(63)55-41-21-9-5-10-22-41)35-39-19-13-15-25-45(39)49(51)59-57-43-31-27-37(28-32-43)17-7-3-1-2-4-8-18-38-29-33-44(34-30-38)58-60-50-46-26-16-14-20-40(46)36-48(52(50)62)54(64)56-42-23-11-6-12-24-42/h1-36,61-62H,(H,55,63)(H,56,64)/b3-1+,4-2+,17-7+,18-8+,59-57?,60-58?. The van der Waals surface area contributed by atoms with E-state index in [1.54, 1.807) is 36.4 Å². The molecule has 8 aromatic carbocycles. The van der Waals surface area contributed by atoms with Crippen LogP contribution in [-0.4, -0.2) is 22.0 Å². The van der Waals surface area contributed by atoms with E-state index in [0.717, 1.165) is 21.9 Å². The van der Waals surface area contributed by atoms with Gasteiger partial charge in [-0.1, -0.05) is 158 Å².